The lowest BCUT2D eigenvalue weighted by Crippen LogP contribution is -2.53. The molecule has 7 nitrogen and oxygen atoms in total. The topological polar surface area (TPSA) is 65.9 Å². The van der Waals surface area contributed by atoms with E-state index in [1.807, 2.05) is 23.2 Å². The van der Waals surface area contributed by atoms with Gasteiger partial charge in [-0.15, -0.1) is 0 Å². The number of rotatable bonds is 5. The maximum Gasteiger partial charge on any atom is 0.243 e. The van der Waals surface area contributed by atoms with Crippen LogP contribution < -0.4 is 4.90 Å². The standard InChI is InChI=1S/C26H31FN4O3S/c1-2-28-13-11-20-18-24(9-10-25(20)28)35(33,34)31-12-3-4-21(19-31)26(32)30-16-14-29(15-17-30)23-7-5-22(27)6-8-23/h5-11,13,18,21H,2-4,12,14-17,19H2,1H3/t21-/m0/s1. The Balaban J connectivity index is 1.24. The number of aryl methyl sites for hydroxylation is 1. The van der Waals surface area contributed by atoms with Crippen molar-refractivity contribution in [3.05, 3.63) is 60.5 Å². The third kappa shape index (κ3) is 4.67. The van der Waals surface area contributed by atoms with Crippen molar-refractivity contribution in [1.82, 2.24) is 13.8 Å². The minimum Gasteiger partial charge on any atom is -0.368 e. The van der Waals surface area contributed by atoms with Crippen LogP contribution in [-0.4, -0.2) is 67.4 Å². The largest absolute Gasteiger partial charge is 0.368 e. The molecule has 35 heavy (non-hydrogen) atoms. The number of halogens is 1. The van der Waals surface area contributed by atoms with Gasteiger partial charge in [-0.1, -0.05) is 0 Å². The Morgan fingerprint density at radius 1 is 1.00 bits per heavy atom. The Morgan fingerprint density at radius 3 is 2.46 bits per heavy atom. The molecule has 0 bridgehead atoms. The first-order valence-corrected chi connectivity index (χ1v) is 13.7. The first kappa shape index (κ1) is 23.8. The van der Waals surface area contributed by atoms with Gasteiger partial charge >= 0.3 is 0 Å². The van der Waals surface area contributed by atoms with E-state index in [9.17, 15) is 17.6 Å². The zero-order chi connectivity index (χ0) is 24.6. The zero-order valence-corrected chi connectivity index (χ0v) is 20.8. The van der Waals surface area contributed by atoms with Crippen molar-refractivity contribution in [2.24, 2.45) is 5.92 Å². The van der Waals surface area contributed by atoms with Crippen molar-refractivity contribution in [2.45, 2.75) is 31.2 Å². The van der Waals surface area contributed by atoms with E-state index in [4.69, 9.17) is 0 Å². The van der Waals surface area contributed by atoms with Crippen LogP contribution in [0.4, 0.5) is 10.1 Å². The number of hydrogen-bond donors (Lipinski definition) is 0. The van der Waals surface area contributed by atoms with Crippen LogP contribution >= 0.6 is 0 Å². The normalized spacial score (nSPS) is 19.9. The third-order valence-electron chi connectivity index (χ3n) is 7.24. The summed E-state index contributed by atoms with van der Waals surface area (Å²) in [6.07, 6.45) is 3.33. The van der Waals surface area contributed by atoms with Crippen LogP contribution in [0.1, 0.15) is 19.8 Å². The minimum atomic E-state index is -3.68. The molecule has 0 saturated carbocycles. The Bertz CT molecular complexity index is 1310. The molecule has 0 spiro atoms. The molecule has 2 aliphatic heterocycles. The van der Waals surface area contributed by atoms with Gasteiger partial charge in [0, 0.05) is 68.6 Å². The number of aromatic nitrogens is 1. The average molecular weight is 499 g/mol. The van der Waals surface area contributed by atoms with Crippen LogP contribution in [0.3, 0.4) is 0 Å². The lowest BCUT2D eigenvalue weighted by molar-refractivity contribution is -0.137. The maximum absolute atomic E-state index is 13.4. The molecule has 2 aromatic carbocycles. The highest BCUT2D eigenvalue weighted by molar-refractivity contribution is 7.89. The molecular formula is C26H31FN4O3S. The summed E-state index contributed by atoms with van der Waals surface area (Å²) >= 11 is 0. The van der Waals surface area contributed by atoms with Crippen molar-refractivity contribution in [3.8, 4) is 0 Å². The van der Waals surface area contributed by atoms with E-state index in [-0.39, 0.29) is 29.1 Å². The monoisotopic (exact) mass is 498 g/mol. The molecule has 3 aromatic rings. The molecular weight excluding hydrogens is 467 g/mol. The number of fused-ring (bicyclic) bond motifs is 1. The van der Waals surface area contributed by atoms with Gasteiger partial charge in [0.05, 0.1) is 10.8 Å². The summed E-state index contributed by atoms with van der Waals surface area (Å²) in [5.74, 6) is -0.571. The SMILES string of the molecule is CCn1ccc2cc(S(=O)(=O)N3CCC[C@H](C(=O)N4CCN(c5ccc(F)cc5)CC4)C3)ccc21. The first-order chi connectivity index (χ1) is 16.9. The number of sulfonamides is 1. The smallest absolute Gasteiger partial charge is 0.243 e. The molecule has 2 fully saturated rings. The highest BCUT2D eigenvalue weighted by Crippen LogP contribution is 2.28. The first-order valence-electron chi connectivity index (χ1n) is 12.2. The van der Waals surface area contributed by atoms with E-state index < -0.39 is 10.0 Å². The van der Waals surface area contributed by atoms with E-state index in [0.29, 0.717) is 45.6 Å². The Labute approximate surface area is 205 Å². The van der Waals surface area contributed by atoms with E-state index in [0.717, 1.165) is 23.1 Å². The number of carbonyl (C=O) groups is 1. The van der Waals surface area contributed by atoms with Gasteiger partial charge in [0.2, 0.25) is 15.9 Å². The number of nitrogens with zero attached hydrogens (tertiary/aromatic N) is 4. The molecule has 0 N–H and O–H groups in total. The number of anilines is 1. The number of benzene rings is 2. The van der Waals surface area contributed by atoms with Crippen LogP contribution in [0, 0.1) is 11.7 Å². The molecule has 1 amide bonds. The number of piperazine rings is 1. The zero-order valence-electron chi connectivity index (χ0n) is 19.9. The lowest BCUT2D eigenvalue weighted by Gasteiger charge is -2.39. The fourth-order valence-electron chi connectivity index (χ4n) is 5.22. The van der Waals surface area contributed by atoms with Gasteiger partial charge in [0.1, 0.15) is 5.82 Å². The van der Waals surface area contributed by atoms with Crippen molar-refractivity contribution in [3.63, 3.8) is 0 Å². The second-order valence-corrected chi connectivity index (χ2v) is 11.3. The maximum atomic E-state index is 13.4. The molecule has 5 rings (SSSR count). The van der Waals surface area contributed by atoms with Gasteiger partial charge in [0.25, 0.3) is 0 Å². The van der Waals surface area contributed by atoms with Gasteiger partial charge in [-0.3, -0.25) is 4.79 Å². The molecule has 1 atom stereocenters. The average Bonchev–Trinajstić information content (AvgIpc) is 3.31. The molecule has 0 aliphatic carbocycles. The predicted octanol–water partition coefficient (Wildman–Crippen LogP) is 3.55. The lowest BCUT2D eigenvalue weighted by atomic mass is 9.97. The van der Waals surface area contributed by atoms with Crippen LogP contribution in [-0.2, 0) is 21.4 Å². The second kappa shape index (κ2) is 9.62. The Hall–Kier alpha value is -2.91. The molecule has 186 valence electrons. The van der Waals surface area contributed by atoms with Crippen LogP contribution in [0.25, 0.3) is 10.9 Å². The molecule has 3 heterocycles. The molecule has 2 saturated heterocycles. The summed E-state index contributed by atoms with van der Waals surface area (Å²) in [4.78, 5) is 17.6. The summed E-state index contributed by atoms with van der Waals surface area (Å²) in [6.45, 7) is 6.01. The number of hydrogen-bond acceptors (Lipinski definition) is 4. The van der Waals surface area contributed by atoms with Gasteiger partial charge in [0.15, 0.2) is 0 Å². The quantitative estimate of drug-likeness (QED) is 0.540. The van der Waals surface area contributed by atoms with Gasteiger partial charge in [-0.05, 0) is 68.3 Å². The van der Waals surface area contributed by atoms with E-state index in [2.05, 4.69) is 16.4 Å². The van der Waals surface area contributed by atoms with Gasteiger partial charge in [-0.25, -0.2) is 12.8 Å². The van der Waals surface area contributed by atoms with Crippen LogP contribution in [0.2, 0.25) is 0 Å². The number of piperidine rings is 1. The van der Waals surface area contributed by atoms with Crippen molar-refractivity contribution in [1.29, 1.82) is 0 Å². The van der Waals surface area contributed by atoms with Crippen molar-refractivity contribution >= 4 is 32.5 Å². The third-order valence-corrected chi connectivity index (χ3v) is 9.10. The highest BCUT2D eigenvalue weighted by Gasteiger charge is 2.36. The summed E-state index contributed by atoms with van der Waals surface area (Å²) < 4.78 is 43.6. The predicted molar refractivity (Wildman–Crippen MR) is 134 cm³/mol. The molecule has 0 unspecified atom stereocenters. The van der Waals surface area contributed by atoms with Crippen molar-refractivity contribution < 1.29 is 17.6 Å². The fourth-order valence-corrected chi connectivity index (χ4v) is 6.78. The van der Waals surface area contributed by atoms with E-state index >= 15 is 0 Å². The van der Waals surface area contributed by atoms with Crippen LogP contribution in [0.5, 0.6) is 0 Å². The second-order valence-electron chi connectivity index (χ2n) is 9.31. The number of amides is 1. The Kier molecular flexibility index (Phi) is 6.55. The summed E-state index contributed by atoms with van der Waals surface area (Å²) in [7, 11) is -3.68. The Morgan fingerprint density at radius 2 is 1.74 bits per heavy atom. The summed E-state index contributed by atoms with van der Waals surface area (Å²) in [5, 5.41) is 0.900. The fraction of sp³-hybridized carbons (Fsp3) is 0.423. The van der Waals surface area contributed by atoms with Gasteiger partial charge in [-0.2, -0.15) is 4.31 Å². The van der Waals surface area contributed by atoms with Crippen LogP contribution in [0.15, 0.2) is 59.6 Å². The molecule has 2 aliphatic rings. The minimum absolute atomic E-state index is 0.0270. The van der Waals surface area contributed by atoms with Gasteiger partial charge < -0.3 is 14.4 Å². The van der Waals surface area contributed by atoms with Crippen molar-refractivity contribution in [2.75, 3.05) is 44.2 Å². The molecule has 9 heteroatoms. The van der Waals surface area contributed by atoms with E-state index in [1.54, 1.807) is 24.3 Å². The van der Waals surface area contributed by atoms with E-state index in [1.165, 1.54) is 16.4 Å². The summed E-state index contributed by atoms with van der Waals surface area (Å²) in [6, 6.07) is 13.6. The highest BCUT2D eigenvalue weighted by atomic mass is 32.2. The molecule has 0 radical (unpaired) electrons. The summed E-state index contributed by atoms with van der Waals surface area (Å²) in [5.41, 5.74) is 1.96. The molecule has 1 aromatic heterocycles. The number of carbonyl (C=O) groups excluding carboxylic acids is 1.